The number of hydrogen-bond donors (Lipinski definition) is 1. The lowest BCUT2D eigenvalue weighted by Gasteiger charge is -1.99. The van der Waals surface area contributed by atoms with E-state index in [9.17, 15) is 0 Å². The van der Waals surface area contributed by atoms with Crippen molar-refractivity contribution in [3.8, 4) is 11.4 Å². The van der Waals surface area contributed by atoms with Crippen LogP contribution in [0.3, 0.4) is 0 Å². The van der Waals surface area contributed by atoms with E-state index in [1.54, 1.807) is 6.07 Å². The summed E-state index contributed by atoms with van der Waals surface area (Å²) < 4.78 is 0. The van der Waals surface area contributed by atoms with Crippen molar-refractivity contribution >= 4 is 34.2 Å². The molecule has 0 fully saturated rings. The second kappa shape index (κ2) is 4.02. The zero-order valence-corrected chi connectivity index (χ0v) is 10.1. The van der Waals surface area contributed by atoms with Gasteiger partial charge in [-0.3, -0.25) is 0 Å². The number of benzene rings is 1. The highest BCUT2D eigenvalue weighted by Gasteiger charge is 2.09. The number of imidazole rings is 1. The zero-order chi connectivity index (χ0) is 11.8. The molecule has 0 radical (unpaired) electrons. The van der Waals surface area contributed by atoms with Crippen LogP contribution >= 0.6 is 23.2 Å². The minimum atomic E-state index is 0.393. The van der Waals surface area contributed by atoms with Gasteiger partial charge in [0.05, 0.1) is 16.1 Å². The first kappa shape index (κ1) is 10.6. The number of aromatic nitrogens is 3. The van der Waals surface area contributed by atoms with Gasteiger partial charge in [0.1, 0.15) is 11.0 Å². The molecule has 0 aliphatic rings. The van der Waals surface area contributed by atoms with Gasteiger partial charge in [0.25, 0.3) is 0 Å². The van der Waals surface area contributed by atoms with Crippen LogP contribution in [0.15, 0.2) is 36.5 Å². The van der Waals surface area contributed by atoms with Crippen LogP contribution in [0.1, 0.15) is 0 Å². The van der Waals surface area contributed by atoms with E-state index in [1.807, 2.05) is 24.3 Å². The number of rotatable bonds is 1. The standard InChI is InChI=1S/C12H7Cl2N3/c13-8-6-15-11(14)5-7(8)12-16-9-3-1-2-4-10(9)17-12/h1-6H,(H,16,17). The smallest absolute Gasteiger partial charge is 0.140 e. The molecule has 84 valence electrons. The number of nitrogens with zero attached hydrogens (tertiary/aromatic N) is 2. The Bertz CT molecular complexity index is 658. The van der Waals surface area contributed by atoms with Crippen LogP contribution in [0, 0.1) is 0 Å². The van der Waals surface area contributed by atoms with Gasteiger partial charge in [-0.1, -0.05) is 35.3 Å². The number of hydrogen-bond acceptors (Lipinski definition) is 2. The maximum atomic E-state index is 6.08. The Morgan fingerprint density at radius 2 is 1.94 bits per heavy atom. The Labute approximate surface area is 107 Å². The molecule has 2 heterocycles. The maximum absolute atomic E-state index is 6.08. The molecule has 0 spiro atoms. The van der Waals surface area contributed by atoms with Crippen LogP contribution in [0.4, 0.5) is 0 Å². The molecule has 5 heteroatoms. The Morgan fingerprint density at radius 3 is 2.76 bits per heavy atom. The highest BCUT2D eigenvalue weighted by Crippen LogP contribution is 2.28. The lowest BCUT2D eigenvalue weighted by molar-refractivity contribution is 1.28. The average molecular weight is 264 g/mol. The van der Waals surface area contributed by atoms with Crippen LogP contribution in [0.5, 0.6) is 0 Å². The number of H-pyrrole nitrogens is 1. The Balaban J connectivity index is 2.23. The number of para-hydroxylation sites is 2. The molecular weight excluding hydrogens is 257 g/mol. The molecule has 0 unspecified atom stereocenters. The maximum Gasteiger partial charge on any atom is 0.140 e. The third-order valence-corrected chi connectivity index (χ3v) is 2.97. The van der Waals surface area contributed by atoms with Crippen molar-refractivity contribution in [2.24, 2.45) is 0 Å². The molecule has 1 N–H and O–H groups in total. The Kier molecular flexibility index (Phi) is 2.50. The third-order valence-electron chi connectivity index (χ3n) is 2.47. The van der Waals surface area contributed by atoms with Gasteiger partial charge >= 0.3 is 0 Å². The second-order valence-electron chi connectivity index (χ2n) is 3.59. The molecule has 2 aromatic heterocycles. The van der Waals surface area contributed by atoms with Crippen LogP contribution < -0.4 is 0 Å². The van der Waals surface area contributed by atoms with Gasteiger partial charge in [0.15, 0.2) is 0 Å². The molecule has 0 bridgehead atoms. The number of fused-ring (bicyclic) bond motifs is 1. The van der Waals surface area contributed by atoms with E-state index in [0.29, 0.717) is 16.0 Å². The minimum absolute atomic E-state index is 0.393. The predicted molar refractivity (Wildman–Crippen MR) is 69.3 cm³/mol. The monoisotopic (exact) mass is 263 g/mol. The third kappa shape index (κ3) is 1.88. The summed E-state index contributed by atoms with van der Waals surface area (Å²) in [6.45, 7) is 0. The Morgan fingerprint density at radius 1 is 1.12 bits per heavy atom. The van der Waals surface area contributed by atoms with E-state index in [0.717, 1.165) is 16.6 Å². The lowest BCUT2D eigenvalue weighted by atomic mass is 10.2. The molecule has 0 aliphatic heterocycles. The summed E-state index contributed by atoms with van der Waals surface area (Å²) in [6, 6.07) is 9.48. The predicted octanol–water partition coefficient (Wildman–Crippen LogP) is 3.93. The molecule has 0 aliphatic carbocycles. The fourth-order valence-electron chi connectivity index (χ4n) is 1.68. The van der Waals surface area contributed by atoms with Crippen molar-refractivity contribution in [3.63, 3.8) is 0 Å². The minimum Gasteiger partial charge on any atom is -0.338 e. The zero-order valence-electron chi connectivity index (χ0n) is 8.61. The van der Waals surface area contributed by atoms with Crippen molar-refractivity contribution in [1.82, 2.24) is 15.0 Å². The van der Waals surface area contributed by atoms with E-state index < -0.39 is 0 Å². The summed E-state index contributed by atoms with van der Waals surface area (Å²) in [6.07, 6.45) is 1.52. The molecule has 1 aromatic carbocycles. The van der Waals surface area contributed by atoms with Crippen molar-refractivity contribution < 1.29 is 0 Å². The van der Waals surface area contributed by atoms with Gasteiger partial charge in [-0.2, -0.15) is 0 Å². The molecule has 17 heavy (non-hydrogen) atoms. The number of pyridine rings is 1. The van der Waals surface area contributed by atoms with Gasteiger partial charge in [0, 0.05) is 11.8 Å². The summed E-state index contributed by atoms with van der Waals surface area (Å²) in [4.78, 5) is 11.6. The molecule has 0 saturated heterocycles. The van der Waals surface area contributed by atoms with Gasteiger partial charge < -0.3 is 4.98 Å². The summed E-state index contributed by atoms with van der Waals surface area (Å²) in [7, 11) is 0. The Hall–Kier alpha value is -1.58. The van der Waals surface area contributed by atoms with Crippen molar-refractivity contribution in [3.05, 3.63) is 46.7 Å². The van der Waals surface area contributed by atoms with E-state index in [4.69, 9.17) is 23.2 Å². The molecule has 0 saturated carbocycles. The molecular formula is C12H7Cl2N3. The fourth-order valence-corrected chi connectivity index (χ4v) is 2.03. The quantitative estimate of drug-likeness (QED) is 0.676. The summed E-state index contributed by atoms with van der Waals surface area (Å²) in [5, 5.41) is 0.915. The molecule has 3 nitrogen and oxygen atoms in total. The van der Waals surface area contributed by atoms with Gasteiger partial charge in [0.2, 0.25) is 0 Å². The van der Waals surface area contributed by atoms with E-state index in [-0.39, 0.29) is 0 Å². The van der Waals surface area contributed by atoms with E-state index in [1.165, 1.54) is 6.20 Å². The topological polar surface area (TPSA) is 41.6 Å². The van der Waals surface area contributed by atoms with Crippen LogP contribution in [0.2, 0.25) is 10.2 Å². The largest absolute Gasteiger partial charge is 0.338 e. The van der Waals surface area contributed by atoms with Crippen LogP contribution in [-0.4, -0.2) is 15.0 Å². The first-order chi connectivity index (χ1) is 8.24. The summed E-state index contributed by atoms with van der Waals surface area (Å²) in [5.41, 5.74) is 2.61. The molecule has 3 aromatic rings. The summed E-state index contributed by atoms with van der Waals surface area (Å²) in [5.74, 6) is 0.695. The van der Waals surface area contributed by atoms with E-state index in [2.05, 4.69) is 15.0 Å². The first-order valence-corrected chi connectivity index (χ1v) is 5.76. The first-order valence-electron chi connectivity index (χ1n) is 5.00. The fraction of sp³-hybridized carbons (Fsp3) is 0. The summed E-state index contributed by atoms with van der Waals surface area (Å²) >= 11 is 11.9. The molecule has 3 rings (SSSR count). The van der Waals surface area contributed by atoms with Gasteiger partial charge in [-0.25, -0.2) is 9.97 Å². The van der Waals surface area contributed by atoms with Gasteiger partial charge in [-0.15, -0.1) is 0 Å². The van der Waals surface area contributed by atoms with Crippen LogP contribution in [-0.2, 0) is 0 Å². The van der Waals surface area contributed by atoms with Crippen LogP contribution in [0.25, 0.3) is 22.4 Å². The van der Waals surface area contributed by atoms with Crippen molar-refractivity contribution in [1.29, 1.82) is 0 Å². The van der Waals surface area contributed by atoms with E-state index >= 15 is 0 Å². The lowest BCUT2D eigenvalue weighted by Crippen LogP contribution is -1.84. The van der Waals surface area contributed by atoms with Gasteiger partial charge in [-0.05, 0) is 18.2 Å². The SMILES string of the molecule is Clc1cc(-c2nc3ccccc3[nH]2)c(Cl)cn1. The number of aromatic amines is 1. The molecule has 0 atom stereocenters. The average Bonchev–Trinajstić information content (AvgIpc) is 2.75. The number of halogens is 2. The second-order valence-corrected chi connectivity index (χ2v) is 4.38. The highest BCUT2D eigenvalue weighted by molar-refractivity contribution is 6.34. The highest BCUT2D eigenvalue weighted by atomic mass is 35.5. The normalized spacial score (nSPS) is 10.9. The molecule has 0 amide bonds. The number of nitrogens with one attached hydrogen (secondary N) is 1. The van der Waals surface area contributed by atoms with Crippen molar-refractivity contribution in [2.45, 2.75) is 0 Å². The van der Waals surface area contributed by atoms with Crippen molar-refractivity contribution in [2.75, 3.05) is 0 Å².